The lowest BCUT2D eigenvalue weighted by atomic mass is 10.0. The second kappa shape index (κ2) is 8.93. The lowest BCUT2D eigenvalue weighted by Gasteiger charge is -2.16. The zero-order valence-corrected chi connectivity index (χ0v) is 18.0. The van der Waals surface area contributed by atoms with Crippen LogP contribution in [-0.2, 0) is 11.2 Å². The number of aromatic nitrogens is 1. The molecule has 0 aliphatic rings. The number of H-pyrrole nitrogens is 1. The lowest BCUT2D eigenvalue weighted by molar-refractivity contribution is -0.136. The van der Waals surface area contributed by atoms with Crippen LogP contribution in [0.5, 0.6) is 28.7 Å². The maximum absolute atomic E-state index is 11.7. The van der Waals surface area contributed by atoms with Gasteiger partial charge in [-0.2, -0.15) is 0 Å². The molecule has 0 aliphatic carbocycles. The van der Waals surface area contributed by atoms with E-state index in [0.717, 1.165) is 10.9 Å². The van der Waals surface area contributed by atoms with Gasteiger partial charge >= 0.3 is 5.97 Å². The fraction of sp³-hybridized carbons (Fsp3) is 0.160. The summed E-state index contributed by atoms with van der Waals surface area (Å²) < 4.78 is 22.4. The molecule has 0 saturated carbocycles. The summed E-state index contributed by atoms with van der Waals surface area (Å²) in [6.07, 6.45) is -0.179. The summed E-state index contributed by atoms with van der Waals surface area (Å²) in [6.45, 7) is 0. The Balaban J connectivity index is 1.89. The molecular weight excluding hydrogens is 410 g/mol. The highest BCUT2D eigenvalue weighted by molar-refractivity contribution is 5.96. The van der Waals surface area contributed by atoms with Crippen LogP contribution in [0.3, 0.4) is 0 Å². The molecule has 7 heteroatoms. The van der Waals surface area contributed by atoms with Gasteiger partial charge in [0.2, 0.25) is 5.75 Å². The summed E-state index contributed by atoms with van der Waals surface area (Å²) >= 11 is 0. The summed E-state index contributed by atoms with van der Waals surface area (Å²) in [5.74, 6) is 1.76. The van der Waals surface area contributed by atoms with Crippen molar-refractivity contribution in [2.75, 3.05) is 21.3 Å². The van der Waals surface area contributed by atoms with E-state index in [2.05, 4.69) is 4.98 Å². The zero-order valence-electron chi connectivity index (χ0n) is 18.0. The molecule has 0 saturated heterocycles. The third kappa shape index (κ3) is 3.92. The monoisotopic (exact) mass is 433 g/mol. The number of benzene rings is 3. The molecule has 0 spiro atoms. The molecule has 4 rings (SSSR count). The second-order valence-corrected chi connectivity index (χ2v) is 7.05. The van der Waals surface area contributed by atoms with Gasteiger partial charge in [0.15, 0.2) is 11.5 Å². The van der Waals surface area contributed by atoms with E-state index in [1.807, 2.05) is 54.6 Å². The standard InChI is InChI=1S/C25H23NO6/c1-29-21-12-10-17(24(30-2)25(21)31-3)23-19(14-22(27)28)18-13-16(9-11-20(18)26-23)32-15-7-5-4-6-8-15/h4-13,26H,14H2,1-3H3,(H,27,28). The Kier molecular flexibility index (Phi) is 5.89. The SMILES string of the molecule is COc1ccc(-c2[nH]c3ccc(Oc4ccccc4)cc3c2CC(=O)O)c(OC)c1OC. The minimum absolute atomic E-state index is 0.179. The van der Waals surface area contributed by atoms with E-state index < -0.39 is 5.97 Å². The van der Waals surface area contributed by atoms with Crippen molar-refractivity contribution in [2.24, 2.45) is 0 Å². The first-order chi connectivity index (χ1) is 15.5. The Hall–Kier alpha value is -4.13. The van der Waals surface area contributed by atoms with Gasteiger partial charge in [0.1, 0.15) is 11.5 Å². The maximum Gasteiger partial charge on any atom is 0.307 e. The predicted molar refractivity (Wildman–Crippen MR) is 121 cm³/mol. The van der Waals surface area contributed by atoms with Crippen LogP contribution in [-0.4, -0.2) is 37.4 Å². The molecule has 32 heavy (non-hydrogen) atoms. The van der Waals surface area contributed by atoms with Gasteiger partial charge in [0, 0.05) is 16.5 Å². The molecule has 0 atom stereocenters. The van der Waals surface area contributed by atoms with Crippen molar-refractivity contribution >= 4 is 16.9 Å². The van der Waals surface area contributed by atoms with Crippen LogP contribution in [0.25, 0.3) is 22.2 Å². The maximum atomic E-state index is 11.7. The number of nitrogens with one attached hydrogen (secondary N) is 1. The summed E-state index contributed by atoms with van der Waals surface area (Å²) in [7, 11) is 4.61. The van der Waals surface area contributed by atoms with Crippen LogP contribution in [0, 0.1) is 0 Å². The van der Waals surface area contributed by atoms with Gasteiger partial charge in [-0.25, -0.2) is 0 Å². The largest absolute Gasteiger partial charge is 0.493 e. The molecule has 1 heterocycles. The topological polar surface area (TPSA) is 90.0 Å². The highest BCUT2D eigenvalue weighted by Gasteiger charge is 2.23. The molecule has 7 nitrogen and oxygen atoms in total. The molecule has 164 valence electrons. The summed E-state index contributed by atoms with van der Waals surface area (Å²) in [4.78, 5) is 15.1. The Morgan fingerprint density at radius 3 is 2.28 bits per heavy atom. The molecule has 0 bridgehead atoms. The van der Waals surface area contributed by atoms with Gasteiger partial charge < -0.3 is 29.0 Å². The van der Waals surface area contributed by atoms with Crippen LogP contribution in [0.2, 0.25) is 0 Å². The molecule has 4 aromatic rings. The minimum Gasteiger partial charge on any atom is -0.493 e. The summed E-state index contributed by atoms with van der Waals surface area (Å²) in [5.41, 5.74) is 2.71. The van der Waals surface area contributed by atoms with Gasteiger partial charge in [0.05, 0.1) is 33.4 Å². The van der Waals surface area contributed by atoms with Crippen molar-refractivity contribution in [3.63, 3.8) is 0 Å². The number of carbonyl (C=O) groups is 1. The number of para-hydroxylation sites is 1. The number of aromatic amines is 1. The summed E-state index contributed by atoms with van der Waals surface area (Å²) in [6, 6.07) is 18.5. The van der Waals surface area contributed by atoms with Gasteiger partial charge in [-0.1, -0.05) is 18.2 Å². The zero-order chi connectivity index (χ0) is 22.7. The number of rotatable bonds is 8. The van der Waals surface area contributed by atoms with E-state index in [-0.39, 0.29) is 6.42 Å². The molecule has 0 fully saturated rings. The molecule has 0 unspecified atom stereocenters. The number of carboxylic acids is 1. The number of fused-ring (bicyclic) bond motifs is 1. The number of methoxy groups -OCH3 is 3. The summed E-state index contributed by atoms with van der Waals surface area (Å²) in [5, 5.41) is 10.4. The van der Waals surface area contributed by atoms with E-state index in [0.29, 0.717) is 45.6 Å². The van der Waals surface area contributed by atoms with Crippen molar-refractivity contribution in [1.82, 2.24) is 4.98 Å². The van der Waals surface area contributed by atoms with Gasteiger partial charge in [-0.15, -0.1) is 0 Å². The third-order valence-corrected chi connectivity index (χ3v) is 5.16. The van der Waals surface area contributed by atoms with Crippen molar-refractivity contribution in [3.05, 3.63) is 66.2 Å². The molecule has 3 aromatic carbocycles. The first-order valence-corrected chi connectivity index (χ1v) is 9.94. The molecule has 0 aliphatic heterocycles. The predicted octanol–water partition coefficient (Wildman–Crippen LogP) is 5.28. The quantitative estimate of drug-likeness (QED) is 0.393. The highest BCUT2D eigenvalue weighted by atomic mass is 16.5. The van der Waals surface area contributed by atoms with E-state index >= 15 is 0 Å². The van der Waals surface area contributed by atoms with Crippen LogP contribution in [0.4, 0.5) is 0 Å². The molecule has 2 N–H and O–H groups in total. The smallest absolute Gasteiger partial charge is 0.307 e. The van der Waals surface area contributed by atoms with Crippen LogP contribution >= 0.6 is 0 Å². The number of ether oxygens (including phenoxy) is 4. The van der Waals surface area contributed by atoms with Crippen LogP contribution in [0.1, 0.15) is 5.56 Å². The first-order valence-electron chi connectivity index (χ1n) is 9.94. The normalized spacial score (nSPS) is 10.7. The molecule has 1 aromatic heterocycles. The molecular formula is C25H23NO6. The highest BCUT2D eigenvalue weighted by Crippen LogP contribution is 2.46. The Morgan fingerprint density at radius 1 is 0.875 bits per heavy atom. The average Bonchev–Trinajstić information content (AvgIpc) is 3.15. The minimum atomic E-state index is -0.944. The fourth-order valence-electron chi connectivity index (χ4n) is 3.78. The number of hydrogen-bond donors (Lipinski definition) is 2. The Bertz CT molecular complexity index is 1260. The van der Waals surface area contributed by atoms with Gasteiger partial charge in [0.25, 0.3) is 0 Å². The number of carboxylic acid groups (broad SMARTS) is 1. The molecule has 0 amide bonds. The van der Waals surface area contributed by atoms with Gasteiger partial charge in [-0.3, -0.25) is 4.79 Å². The first kappa shape index (κ1) is 21.1. The number of hydrogen-bond acceptors (Lipinski definition) is 5. The Labute approximate surface area is 185 Å². The van der Waals surface area contributed by atoms with E-state index in [1.54, 1.807) is 13.2 Å². The van der Waals surface area contributed by atoms with Crippen LogP contribution in [0.15, 0.2) is 60.7 Å². The fourth-order valence-corrected chi connectivity index (χ4v) is 3.78. The Morgan fingerprint density at radius 2 is 1.62 bits per heavy atom. The van der Waals surface area contributed by atoms with Crippen molar-refractivity contribution in [1.29, 1.82) is 0 Å². The second-order valence-electron chi connectivity index (χ2n) is 7.05. The van der Waals surface area contributed by atoms with Crippen LogP contribution < -0.4 is 18.9 Å². The van der Waals surface area contributed by atoms with E-state index in [4.69, 9.17) is 18.9 Å². The van der Waals surface area contributed by atoms with E-state index in [9.17, 15) is 9.90 Å². The number of aliphatic carboxylic acids is 1. The van der Waals surface area contributed by atoms with E-state index in [1.165, 1.54) is 14.2 Å². The van der Waals surface area contributed by atoms with Gasteiger partial charge in [-0.05, 0) is 48.0 Å². The van der Waals surface area contributed by atoms with Crippen molar-refractivity contribution < 1.29 is 28.8 Å². The lowest BCUT2D eigenvalue weighted by Crippen LogP contribution is -2.02. The van der Waals surface area contributed by atoms with Crippen molar-refractivity contribution in [3.8, 4) is 40.0 Å². The third-order valence-electron chi connectivity index (χ3n) is 5.16. The molecule has 0 radical (unpaired) electrons. The average molecular weight is 433 g/mol. The van der Waals surface area contributed by atoms with Crippen molar-refractivity contribution in [2.45, 2.75) is 6.42 Å².